The third-order valence-corrected chi connectivity index (χ3v) is 7.77. The van der Waals surface area contributed by atoms with Crippen molar-refractivity contribution in [3.05, 3.63) is 42.0 Å². The highest BCUT2D eigenvalue weighted by Gasteiger charge is 2.45. The third-order valence-electron chi connectivity index (χ3n) is 6.38. The zero-order valence-electron chi connectivity index (χ0n) is 20.2. The Bertz CT molecular complexity index is 1110. The van der Waals surface area contributed by atoms with Gasteiger partial charge in [-0.25, -0.2) is 9.07 Å². The van der Waals surface area contributed by atoms with Crippen molar-refractivity contribution >= 4 is 22.6 Å². The fraction of sp³-hybridized carbons (Fsp3) is 0.583. The molecular formula is C24H32FN5O4S. The highest BCUT2D eigenvalue weighted by Crippen LogP contribution is 2.40. The molecule has 2 N–H and O–H groups in total. The van der Waals surface area contributed by atoms with Gasteiger partial charge in [0.2, 0.25) is 11.8 Å². The molecule has 1 aromatic carbocycles. The number of benzene rings is 1. The smallest absolute Gasteiger partial charge is 0.248 e. The van der Waals surface area contributed by atoms with Crippen molar-refractivity contribution in [3.63, 3.8) is 0 Å². The van der Waals surface area contributed by atoms with Crippen molar-refractivity contribution in [1.82, 2.24) is 25.2 Å². The largest absolute Gasteiger partial charge is 0.391 e. The number of hydrogen-bond acceptors (Lipinski definition) is 6. The number of aliphatic hydroxyl groups excluding tert-OH is 1. The van der Waals surface area contributed by atoms with Crippen molar-refractivity contribution in [2.45, 2.75) is 69.0 Å². The first-order valence-electron chi connectivity index (χ1n) is 11.9. The monoisotopic (exact) mass is 505 g/mol. The van der Waals surface area contributed by atoms with E-state index < -0.39 is 46.1 Å². The normalized spacial score (nSPS) is 22.1. The molecular weight excluding hydrogens is 473 g/mol. The Labute approximate surface area is 206 Å². The van der Waals surface area contributed by atoms with E-state index >= 15 is 0 Å². The SMILES string of the molecule is CC(C)(C)[C@@H](C(=O)N1CC(O)CC1C(=O)NCCS(=O)c1ccccc1F)n1cc(C2CC2)nn1. The van der Waals surface area contributed by atoms with Gasteiger partial charge in [0.1, 0.15) is 17.9 Å². The number of hydrogen-bond donors (Lipinski definition) is 2. The summed E-state index contributed by atoms with van der Waals surface area (Å²) >= 11 is 0. The first-order chi connectivity index (χ1) is 16.6. The number of rotatable bonds is 8. The number of β-amino-alcohol motifs (C(OH)–C–C–N with tert-alkyl or cyclic N) is 1. The van der Waals surface area contributed by atoms with Crippen LogP contribution >= 0.6 is 0 Å². The summed E-state index contributed by atoms with van der Waals surface area (Å²) in [7, 11) is -1.62. The van der Waals surface area contributed by atoms with Crippen LogP contribution in [0.15, 0.2) is 35.4 Å². The highest BCUT2D eigenvalue weighted by molar-refractivity contribution is 7.85. The van der Waals surface area contributed by atoms with E-state index in [2.05, 4.69) is 15.6 Å². The van der Waals surface area contributed by atoms with Gasteiger partial charge in [-0.05, 0) is 30.4 Å². The molecule has 2 aliphatic rings. The van der Waals surface area contributed by atoms with Gasteiger partial charge in [0.15, 0.2) is 0 Å². The molecule has 1 saturated carbocycles. The molecule has 9 nitrogen and oxygen atoms in total. The molecule has 190 valence electrons. The fourth-order valence-corrected chi connectivity index (χ4v) is 5.47. The molecule has 0 spiro atoms. The van der Waals surface area contributed by atoms with Gasteiger partial charge in [-0.3, -0.25) is 13.8 Å². The van der Waals surface area contributed by atoms with E-state index in [-0.39, 0.29) is 36.1 Å². The Morgan fingerprint density at radius 2 is 2.00 bits per heavy atom. The molecule has 4 atom stereocenters. The number of likely N-dealkylation sites (tertiary alicyclic amines) is 1. The van der Waals surface area contributed by atoms with Crippen LogP contribution in [0.3, 0.4) is 0 Å². The minimum atomic E-state index is -1.62. The minimum absolute atomic E-state index is 0.0312. The maximum atomic E-state index is 13.9. The van der Waals surface area contributed by atoms with Gasteiger partial charge in [-0.15, -0.1) is 5.10 Å². The summed E-state index contributed by atoms with van der Waals surface area (Å²) in [5.41, 5.74) is 0.349. The van der Waals surface area contributed by atoms with Crippen LogP contribution in [0.1, 0.15) is 57.7 Å². The second-order valence-electron chi connectivity index (χ2n) is 10.3. The second kappa shape index (κ2) is 10.1. The number of amides is 2. The predicted molar refractivity (Wildman–Crippen MR) is 127 cm³/mol. The molecule has 35 heavy (non-hydrogen) atoms. The Morgan fingerprint density at radius 3 is 2.66 bits per heavy atom. The van der Waals surface area contributed by atoms with Crippen molar-refractivity contribution in [2.24, 2.45) is 5.41 Å². The van der Waals surface area contributed by atoms with E-state index in [1.54, 1.807) is 10.7 Å². The predicted octanol–water partition coefficient (Wildman–Crippen LogP) is 1.77. The molecule has 1 aromatic heterocycles. The number of carbonyl (C=O) groups is 2. The first kappa shape index (κ1) is 25.4. The number of carbonyl (C=O) groups excluding carboxylic acids is 2. The molecule has 3 unspecified atom stereocenters. The Morgan fingerprint density at radius 1 is 1.29 bits per heavy atom. The van der Waals surface area contributed by atoms with Crippen LogP contribution in [0, 0.1) is 11.2 Å². The van der Waals surface area contributed by atoms with E-state index in [0.717, 1.165) is 18.5 Å². The summed E-state index contributed by atoms with van der Waals surface area (Å²) in [5.74, 6) is -0.883. The lowest BCUT2D eigenvalue weighted by molar-refractivity contribution is -0.144. The van der Waals surface area contributed by atoms with E-state index in [9.17, 15) is 23.3 Å². The van der Waals surface area contributed by atoms with Crippen LogP contribution in [-0.4, -0.2) is 72.0 Å². The summed E-state index contributed by atoms with van der Waals surface area (Å²) < 4.78 is 27.8. The van der Waals surface area contributed by atoms with Crippen LogP contribution in [-0.2, 0) is 20.4 Å². The average Bonchev–Trinajstić information content (AvgIpc) is 3.40. The maximum Gasteiger partial charge on any atom is 0.248 e. The maximum absolute atomic E-state index is 13.9. The molecule has 2 fully saturated rings. The van der Waals surface area contributed by atoms with Crippen LogP contribution < -0.4 is 5.32 Å². The van der Waals surface area contributed by atoms with Crippen molar-refractivity contribution < 1.29 is 23.3 Å². The minimum Gasteiger partial charge on any atom is -0.391 e. The first-order valence-corrected chi connectivity index (χ1v) is 13.2. The van der Waals surface area contributed by atoms with Gasteiger partial charge in [-0.2, -0.15) is 0 Å². The zero-order valence-corrected chi connectivity index (χ0v) is 21.0. The number of aromatic nitrogens is 3. The van der Waals surface area contributed by atoms with E-state index in [4.69, 9.17) is 0 Å². The van der Waals surface area contributed by atoms with Crippen molar-refractivity contribution in [3.8, 4) is 0 Å². The lowest BCUT2D eigenvalue weighted by atomic mass is 9.85. The lowest BCUT2D eigenvalue weighted by Gasteiger charge is -2.34. The molecule has 11 heteroatoms. The van der Waals surface area contributed by atoms with Gasteiger partial charge in [0.25, 0.3) is 0 Å². The van der Waals surface area contributed by atoms with Gasteiger partial charge < -0.3 is 15.3 Å². The highest BCUT2D eigenvalue weighted by atomic mass is 32.2. The molecule has 0 bridgehead atoms. The van der Waals surface area contributed by atoms with Crippen molar-refractivity contribution in [2.75, 3.05) is 18.8 Å². The van der Waals surface area contributed by atoms with Gasteiger partial charge in [-0.1, -0.05) is 38.1 Å². The number of nitrogens with zero attached hydrogens (tertiary/aromatic N) is 4. The van der Waals surface area contributed by atoms with Crippen LogP contribution in [0.2, 0.25) is 0 Å². The average molecular weight is 506 g/mol. The van der Waals surface area contributed by atoms with Crippen LogP contribution in [0.5, 0.6) is 0 Å². The topological polar surface area (TPSA) is 117 Å². The van der Waals surface area contributed by atoms with Crippen LogP contribution in [0.4, 0.5) is 4.39 Å². The Hall–Kier alpha value is -2.66. The molecule has 1 aliphatic carbocycles. The molecule has 1 aliphatic heterocycles. The zero-order chi connectivity index (χ0) is 25.3. The summed E-state index contributed by atoms with van der Waals surface area (Å²) in [6, 6.07) is 4.25. The van der Waals surface area contributed by atoms with Crippen molar-refractivity contribution in [1.29, 1.82) is 0 Å². The quantitative estimate of drug-likeness (QED) is 0.565. The van der Waals surface area contributed by atoms with E-state index in [1.165, 1.54) is 23.1 Å². The summed E-state index contributed by atoms with van der Waals surface area (Å²) in [6.45, 7) is 5.86. The molecule has 1 saturated heterocycles. The standard InChI is InChI=1S/C24H32FN5O4S/c1-24(2,3)21(30-14-18(27-28-30)15-8-9-15)23(33)29-13-16(31)12-19(29)22(32)26-10-11-35(34)20-7-5-4-6-17(20)25/h4-7,14-16,19,21,31H,8-13H2,1-3H3,(H,26,32)/t16?,19?,21-,35?/m1/s1. The second-order valence-corrected chi connectivity index (χ2v) is 11.9. The Kier molecular flexibility index (Phi) is 7.37. The molecule has 0 radical (unpaired) electrons. The molecule has 2 aromatic rings. The number of nitrogens with one attached hydrogen (secondary N) is 1. The van der Waals surface area contributed by atoms with E-state index in [0.29, 0.717) is 5.92 Å². The third kappa shape index (κ3) is 5.78. The number of aliphatic hydroxyl groups is 1. The summed E-state index contributed by atoms with van der Waals surface area (Å²) in [4.78, 5) is 28.2. The van der Waals surface area contributed by atoms with E-state index in [1.807, 2.05) is 27.0 Å². The Balaban J connectivity index is 1.43. The lowest BCUT2D eigenvalue weighted by Crippen LogP contribution is -2.50. The van der Waals surface area contributed by atoms with Gasteiger partial charge in [0.05, 0.1) is 27.5 Å². The van der Waals surface area contributed by atoms with Gasteiger partial charge in [0, 0.05) is 37.4 Å². The van der Waals surface area contributed by atoms with Gasteiger partial charge >= 0.3 is 0 Å². The molecule has 2 amide bonds. The summed E-state index contributed by atoms with van der Waals surface area (Å²) in [5, 5.41) is 21.5. The summed E-state index contributed by atoms with van der Waals surface area (Å²) in [6.07, 6.45) is 3.21. The number of halogens is 1. The fourth-order valence-electron chi connectivity index (χ4n) is 4.45. The van der Waals surface area contributed by atoms with Crippen LogP contribution in [0.25, 0.3) is 0 Å². The molecule has 4 rings (SSSR count). The molecule has 2 heterocycles.